The lowest BCUT2D eigenvalue weighted by Crippen LogP contribution is -2.46. The Balaban J connectivity index is 1.67. The molecular weight excluding hydrogens is 450 g/mol. The molecule has 0 saturated heterocycles. The molecule has 1 N–H and O–H groups in total. The number of hydrogen-bond acceptors (Lipinski definition) is 4. The summed E-state index contributed by atoms with van der Waals surface area (Å²) in [5, 5.41) is 2.82. The zero-order chi connectivity index (χ0) is 21.8. The maximum atomic E-state index is 13.1. The number of anilines is 2. The number of rotatable bonds is 5. The van der Waals surface area contributed by atoms with Gasteiger partial charge in [0, 0.05) is 19.5 Å². The van der Waals surface area contributed by atoms with Gasteiger partial charge < -0.3 is 19.9 Å². The minimum atomic E-state index is -0.329. The lowest BCUT2D eigenvalue weighted by Gasteiger charge is -2.29. The van der Waals surface area contributed by atoms with E-state index in [0.717, 1.165) is 10.0 Å². The highest BCUT2D eigenvalue weighted by Gasteiger charge is 2.30. The van der Waals surface area contributed by atoms with Gasteiger partial charge >= 0.3 is 0 Å². The van der Waals surface area contributed by atoms with Crippen LogP contribution in [0, 0.1) is 6.92 Å². The quantitative estimate of drug-likeness (QED) is 0.721. The van der Waals surface area contributed by atoms with Crippen molar-refractivity contribution in [2.75, 3.05) is 30.4 Å². The Morgan fingerprint density at radius 2 is 2.00 bits per heavy atom. The molecule has 2 aromatic carbocycles. The lowest BCUT2D eigenvalue weighted by atomic mass is 10.1. The van der Waals surface area contributed by atoms with Gasteiger partial charge in [-0.25, -0.2) is 0 Å². The van der Waals surface area contributed by atoms with Crippen molar-refractivity contribution < 1.29 is 19.1 Å². The smallest absolute Gasteiger partial charge is 0.260 e. The summed E-state index contributed by atoms with van der Waals surface area (Å²) in [5.41, 5.74) is 2.28. The van der Waals surface area contributed by atoms with Crippen LogP contribution in [0.15, 0.2) is 46.9 Å². The molecule has 0 aromatic heterocycles. The van der Waals surface area contributed by atoms with Crippen LogP contribution in [0.25, 0.3) is 0 Å². The molecule has 0 bridgehead atoms. The molecule has 158 valence electrons. The molecule has 3 rings (SSSR count). The van der Waals surface area contributed by atoms with Gasteiger partial charge in [-0.15, -0.1) is 0 Å². The summed E-state index contributed by atoms with van der Waals surface area (Å²) in [6, 6.07) is 12.4. The van der Waals surface area contributed by atoms with Gasteiger partial charge in [0.05, 0.1) is 22.4 Å². The van der Waals surface area contributed by atoms with E-state index in [1.54, 1.807) is 36.2 Å². The summed E-state index contributed by atoms with van der Waals surface area (Å²) in [7, 11) is 1.56. The molecule has 0 fully saturated rings. The first kappa shape index (κ1) is 21.8. The van der Waals surface area contributed by atoms with Crippen LogP contribution >= 0.6 is 15.9 Å². The fourth-order valence-corrected chi connectivity index (χ4v) is 3.92. The fourth-order valence-electron chi connectivity index (χ4n) is 3.31. The molecular formula is C22H24BrN3O4. The molecule has 1 aliphatic heterocycles. The highest BCUT2D eigenvalue weighted by atomic mass is 79.9. The Morgan fingerprint density at radius 3 is 2.73 bits per heavy atom. The van der Waals surface area contributed by atoms with Crippen molar-refractivity contribution in [2.24, 2.45) is 0 Å². The number of para-hydroxylation sites is 2. The molecule has 0 spiro atoms. The number of halogens is 1. The van der Waals surface area contributed by atoms with E-state index in [0.29, 0.717) is 17.1 Å². The number of carbonyl (C=O) groups is 3. The maximum absolute atomic E-state index is 13.1. The summed E-state index contributed by atoms with van der Waals surface area (Å²) >= 11 is 3.42. The van der Waals surface area contributed by atoms with Crippen molar-refractivity contribution in [1.82, 2.24) is 4.90 Å². The first-order valence-corrected chi connectivity index (χ1v) is 10.4. The van der Waals surface area contributed by atoms with Gasteiger partial charge in [-0.05, 0) is 59.6 Å². The standard InChI is InChI=1S/C22H24BrN3O4/c1-14-8-9-19(16(23)10-14)30-13-22(29)25(3)12-21(28)26-15(2)11-20(27)24-17-6-4-5-7-18(17)26/h4-10,15H,11-13H2,1-3H3,(H,24,27)/t15-/m1/s1. The number of ether oxygens (including phenoxy) is 1. The number of nitrogens with one attached hydrogen (secondary N) is 1. The number of nitrogens with zero attached hydrogens (tertiary/aromatic N) is 2. The van der Waals surface area contributed by atoms with Gasteiger partial charge in [0.15, 0.2) is 6.61 Å². The Hall–Kier alpha value is -2.87. The summed E-state index contributed by atoms with van der Waals surface area (Å²) in [5.74, 6) is -0.167. The minimum absolute atomic E-state index is 0.121. The molecule has 0 unspecified atom stereocenters. The lowest BCUT2D eigenvalue weighted by molar-refractivity contribution is -0.135. The van der Waals surface area contributed by atoms with Gasteiger partial charge in [-0.1, -0.05) is 18.2 Å². The average molecular weight is 474 g/mol. The third-order valence-corrected chi connectivity index (χ3v) is 5.48. The molecule has 1 aliphatic rings. The summed E-state index contributed by atoms with van der Waals surface area (Å²) in [6.45, 7) is 3.48. The largest absolute Gasteiger partial charge is 0.483 e. The van der Waals surface area contributed by atoms with Crippen molar-refractivity contribution in [1.29, 1.82) is 0 Å². The van der Waals surface area contributed by atoms with Gasteiger partial charge in [0.25, 0.3) is 5.91 Å². The van der Waals surface area contributed by atoms with Crippen molar-refractivity contribution in [3.05, 3.63) is 52.5 Å². The third kappa shape index (κ3) is 4.99. The molecule has 0 saturated carbocycles. The minimum Gasteiger partial charge on any atom is -0.483 e. The number of carbonyl (C=O) groups excluding carboxylic acids is 3. The first-order chi connectivity index (χ1) is 14.3. The molecule has 2 aromatic rings. The second-order valence-electron chi connectivity index (χ2n) is 7.35. The predicted octanol–water partition coefficient (Wildman–Crippen LogP) is 3.36. The Kier molecular flexibility index (Phi) is 6.77. The highest BCUT2D eigenvalue weighted by molar-refractivity contribution is 9.10. The van der Waals surface area contributed by atoms with E-state index in [2.05, 4.69) is 21.2 Å². The molecule has 30 heavy (non-hydrogen) atoms. The number of amides is 3. The van der Waals surface area contributed by atoms with Crippen LogP contribution in [0.1, 0.15) is 18.9 Å². The first-order valence-electron chi connectivity index (χ1n) is 9.60. The van der Waals surface area contributed by atoms with Crippen LogP contribution in [0.5, 0.6) is 5.75 Å². The fraction of sp³-hybridized carbons (Fsp3) is 0.318. The van der Waals surface area contributed by atoms with Crippen LogP contribution < -0.4 is 15.0 Å². The maximum Gasteiger partial charge on any atom is 0.260 e. The van der Waals surface area contributed by atoms with Crippen LogP contribution in [0.2, 0.25) is 0 Å². The van der Waals surface area contributed by atoms with Crippen molar-refractivity contribution in [3.8, 4) is 5.75 Å². The molecule has 8 heteroatoms. The number of likely N-dealkylation sites (N-methyl/N-ethyl adjacent to an activating group) is 1. The molecule has 1 atom stereocenters. The van der Waals surface area contributed by atoms with E-state index < -0.39 is 0 Å². The highest BCUT2D eigenvalue weighted by Crippen LogP contribution is 2.31. The van der Waals surface area contributed by atoms with Crippen LogP contribution in [-0.4, -0.2) is 48.9 Å². The monoisotopic (exact) mass is 473 g/mol. The number of fused-ring (bicyclic) bond motifs is 1. The van der Waals surface area contributed by atoms with Crippen LogP contribution in [0.3, 0.4) is 0 Å². The second-order valence-corrected chi connectivity index (χ2v) is 8.21. The van der Waals surface area contributed by atoms with E-state index >= 15 is 0 Å². The van der Waals surface area contributed by atoms with E-state index in [1.165, 1.54) is 4.90 Å². The Bertz CT molecular complexity index is 979. The summed E-state index contributed by atoms with van der Waals surface area (Å²) in [4.78, 5) is 40.6. The number of hydrogen-bond donors (Lipinski definition) is 1. The summed E-state index contributed by atoms with van der Waals surface area (Å²) < 4.78 is 6.36. The topological polar surface area (TPSA) is 79.0 Å². The molecule has 1 heterocycles. The Morgan fingerprint density at radius 1 is 1.27 bits per heavy atom. The third-order valence-electron chi connectivity index (χ3n) is 4.86. The molecule has 7 nitrogen and oxygen atoms in total. The number of benzene rings is 2. The van der Waals surface area contributed by atoms with Crippen molar-refractivity contribution in [2.45, 2.75) is 26.3 Å². The zero-order valence-corrected chi connectivity index (χ0v) is 18.7. The van der Waals surface area contributed by atoms with Crippen LogP contribution in [0.4, 0.5) is 11.4 Å². The molecule has 3 amide bonds. The number of aryl methyl sites for hydroxylation is 1. The Labute approximate surface area is 184 Å². The molecule has 0 radical (unpaired) electrons. The van der Waals surface area contributed by atoms with Gasteiger partial charge in [-0.2, -0.15) is 0 Å². The van der Waals surface area contributed by atoms with Gasteiger partial charge in [0.1, 0.15) is 5.75 Å². The van der Waals surface area contributed by atoms with Gasteiger partial charge in [0.2, 0.25) is 11.8 Å². The normalized spacial score (nSPS) is 15.7. The van der Waals surface area contributed by atoms with Crippen molar-refractivity contribution in [3.63, 3.8) is 0 Å². The van der Waals surface area contributed by atoms with Crippen molar-refractivity contribution >= 4 is 45.0 Å². The van der Waals surface area contributed by atoms with E-state index in [1.807, 2.05) is 32.0 Å². The molecule has 0 aliphatic carbocycles. The zero-order valence-electron chi connectivity index (χ0n) is 17.1. The van der Waals surface area contributed by atoms with Crippen LogP contribution in [-0.2, 0) is 14.4 Å². The average Bonchev–Trinajstić information content (AvgIpc) is 2.81. The predicted molar refractivity (Wildman–Crippen MR) is 119 cm³/mol. The van der Waals surface area contributed by atoms with E-state index in [4.69, 9.17) is 4.74 Å². The van der Waals surface area contributed by atoms with E-state index in [-0.39, 0.29) is 43.3 Å². The van der Waals surface area contributed by atoms with E-state index in [9.17, 15) is 14.4 Å². The van der Waals surface area contributed by atoms with Gasteiger partial charge in [-0.3, -0.25) is 14.4 Å². The second kappa shape index (κ2) is 9.30. The SMILES string of the molecule is Cc1ccc(OCC(=O)N(C)CC(=O)N2c3ccccc3NC(=O)C[C@H]2C)c(Br)c1. The summed E-state index contributed by atoms with van der Waals surface area (Å²) in [6.07, 6.45) is 0.183.